The van der Waals surface area contributed by atoms with E-state index in [1.807, 2.05) is 19.1 Å². The van der Waals surface area contributed by atoms with Crippen molar-refractivity contribution in [1.29, 1.82) is 0 Å². The molecule has 34 heavy (non-hydrogen) atoms. The number of aliphatic hydroxyl groups excluding tert-OH is 1. The first kappa shape index (κ1) is 23.3. The quantitative estimate of drug-likeness (QED) is 0.398. The number of nitrogen functional groups attached to an aromatic ring is 1. The first-order valence-corrected chi connectivity index (χ1v) is 10.9. The summed E-state index contributed by atoms with van der Waals surface area (Å²) in [6.45, 7) is 5.77. The Kier molecular flexibility index (Phi) is 6.56. The van der Waals surface area contributed by atoms with Crippen molar-refractivity contribution < 1.29 is 18.7 Å². The minimum absolute atomic E-state index is 0.0523. The fourth-order valence-corrected chi connectivity index (χ4v) is 3.58. The van der Waals surface area contributed by atoms with E-state index in [0.29, 0.717) is 17.8 Å². The van der Waals surface area contributed by atoms with Gasteiger partial charge >= 0.3 is 0 Å². The van der Waals surface area contributed by atoms with Gasteiger partial charge in [0.2, 0.25) is 0 Å². The minimum atomic E-state index is -1.31. The van der Waals surface area contributed by atoms with Gasteiger partial charge in [0.25, 0.3) is 5.91 Å². The molecule has 1 aliphatic carbocycles. The number of aromatic nitrogens is 2. The molecule has 1 aromatic heterocycles. The molecule has 7 nitrogen and oxygen atoms in total. The van der Waals surface area contributed by atoms with Gasteiger partial charge in [-0.2, -0.15) is 0 Å². The Labute approximate surface area is 195 Å². The van der Waals surface area contributed by atoms with E-state index in [1.165, 1.54) is 6.20 Å². The molecule has 9 heteroatoms. The van der Waals surface area contributed by atoms with Crippen LogP contribution < -0.4 is 16.4 Å². The third-order valence-electron chi connectivity index (χ3n) is 5.53. The first-order valence-electron chi connectivity index (χ1n) is 10.9. The lowest BCUT2D eigenvalue weighted by Gasteiger charge is -2.18. The van der Waals surface area contributed by atoms with Gasteiger partial charge in [0.15, 0.2) is 11.5 Å². The van der Waals surface area contributed by atoms with E-state index in [2.05, 4.69) is 27.2 Å². The predicted molar refractivity (Wildman–Crippen MR) is 126 cm³/mol. The smallest absolute Gasteiger partial charge is 0.273 e. The van der Waals surface area contributed by atoms with Crippen LogP contribution in [-0.2, 0) is 6.42 Å². The van der Waals surface area contributed by atoms with Crippen molar-refractivity contribution in [1.82, 2.24) is 15.3 Å². The summed E-state index contributed by atoms with van der Waals surface area (Å²) >= 11 is 0. The van der Waals surface area contributed by atoms with Crippen LogP contribution in [0.1, 0.15) is 47.5 Å². The number of nitrogens with zero attached hydrogens (tertiary/aromatic N) is 2. The Bertz CT molecular complexity index is 1240. The number of hydrogen-bond acceptors (Lipinski definition) is 6. The van der Waals surface area contributed by atoms with Crippen LogP contribution in [0.2, 0.25) is 0 Å². The summed E-state index contributed by atoms with van der Waals surface area (Å²) in [5.41, 5.74) is 8.99. The summed E-state index contributed by atoms with van der Waals surface area (Å²) in [7, 11) is 0. The molecule has 4 rings (SSSR count). The van der Waals surface area contributed by atoms with E-state index in [4.69, 9.17) is 5.73 Å². The van der Waals surface area contributed by atoms with Crippen molar-refractivity contribution in [3.63, 3.8) is 0 Å². The van der Waals surface area contributed by atoms with Crippen LogP contribution in [0.4, 0.5) is 20.3 Å². The number of hydrogen-bond donors (Lipinski definition) is 4. The van der Waals surface area contributed by atoms with E-state index in [0.717, 1.165) is 42.2 Å². The molecule has 1 saturated carbocycles. The highest BCUT2D eigenvalue weighted by Gasteiger charge is 2.26. The molecule has 1 heterocycles. The van der Waals surface area contributed by atoms with Crippen molar-refractivity contribution >= 4 is 17.4 Å². The third-order valence-corrected chi connectivity index (χ3v) is 5.53. The second-order valence-corrected chi connectivity index (χ2v) is 8.22. The first-order chi connectivity index (χ1) is 16.2. The molecule has 0 aliphatic heterocycles. The second kappa shape index (κ2) is 9.56. The van der Waals surface area contributed by atoms with Gasteiger partial charge in [0, 0.05) is 29.1 Å². The van der Waals surface area contributed by atoms with E-state index in [1.54, 1.807) is 6.07 Å². The summed E-state index contributed by atoms with van der Waals surface area (Å²) in [6.07, 6.45) is 2.74. The molecule has 1 aliphatic rings. The van der Waals surface area contributed by atoms with Gasteiger partial charge in [0.05, 0.1) is 11.9 Å². The average Bonchev–Trinajstić information content (AvgIpc) is 3.62. The number of carbonyl (C=O) groups is 1. The molecular weight excluding hydrogens is 440 g/mol. The molecule has 1 unspecified atom stereocenters. The number of aryl methyl sites for hydroxylation is 1. The molecular formula is C25H25F2N5O2. The Morgan fingerprint density at radius 3 is 2.59 bits per heavy atom. The molecule has 176 valence electrons. The molecule has 3 aromatic rings. The van der Waals surface area contributed by atoms with Crippen LogP contribution in [0.25, 0.3) is 11.3 Å². The number of amides is 1. The van der Waals surface area contributed by atoms with Crippen LogP contribution in [0.5, 0.6) is 0 Å². The van der Waals surface area contributed by atoms with Crippen molar-refractivity contribution in [3.8, 4) is 11.3 Å². The van der Waals surface area contributed by atoms with Gasteiger partial charge in [-0.3, -0.25) is 4.79 Å². The zero-order valence-electron chi connectivity index (χ0n) is 18.6. The normalized spacial score (nSPS) is 13.9. The second-order valence-electron chi connectivity index (χ2n) is 8.22. The van der Waals surface area contributed by atoms with Crippen molar-refractivity contribution in [3.05, 3.63) is 83.3 Å². The van der Waals surface area contributed by atoms with Crippen molar-refractivity contribution in [2.45, 2.75) is 38.3 Å². The largest absolute Gasteiger partial charge is 0.382 e. The molecule has 1 atom stereocenters. The molecule has 0 spiro atoms. The Morgan fingerprint density at radius 1 is 1.24 bits per heavy atom. The van der Waals surface area contributed by atoms with Crippen LogP contribution in [-0.4, -0.2) is 27.0 Å². The van der Waals surface area contributed by atoms with Gasteiger partial charge in [-0.25, -0.2) is 18.7 Å². The van der Waals surface area contributed by atoms with Crippen LogP contribution in [0, 0.1) is 11.6 Å². The number of nitrogens with one attached hydrogen (secondary N) is 2. The number of aliphatic hydroxyl groups is 1. The molecule has 0 saturated heterocycles. The number of nitrogens with two attached hydrogens (primary N) is 1. The summed E-state index contributed by atoms with van der Waals surface area (Å²) in [5, 5.41) is 16.3. The lowest BCUT2D eigenvalue weighted by molar-refractivity contribution is 0.0947. The third kappa shape index (κ3) is 5.20. The minimum Gasteiger partial charge on any atom is -0.382 e. The Morgan fingerprint density at radius 2 is 1.94 bits per heavy atom. The lowest BCUT2D eigenvalue weighted by atomic mass is 10.0. The van der Waals surface area contributed by atoms with Crippen LogP contribution in [0.15, 0.2) is 54.9 Å². The fraction of sp³-hybridized carbons (Fsp3) is 0.240. The van der Waals surface area contributed by atoms with Crippen molar-refractivity contribution in [2.75, 3.05) is 11.1 Å². The molecule has 0 bridgehead atoms. The zero-order chi connectivity index (χ0) is 24.4. The van der Waals surface area contributed by atoms with E-state index < -0.39 is 17.7 Å². The van der Waals surface area contributed by atoms with Gasteiger partial charge in [0.1, 0.15) is 17.7 Å². The highest BCUT2D eigenvalue weighted by Crippen LogP contribution is 2.29. The summed E-state index contributed by atoms with van der Waals surface area (Å²) in [4.78, 5) is 21.1. The van der Waals surface area contributed by atoms with Gasteiger partial charge in [-0.05, 0) is 54.7 Å². The predicted octanol–water partition coefficient (Wildman–Crippen LogP) is 4.12. The van der Waals surface area contributed by atoms with E-state index in [-0.39, 0.29) is 34.7 Å². The van der Waals surface area contributed by atoms with Crippen LogP contribution >= 0.6 is 0 Å². The molecule has 1 fully saturated rings. The van der Waals surface area contributed by atoms with Crippen molar-refractivity contribution in [2.24, 2.45) is 0 Å². The number of halogens is 2. The topological polar surface area (TPSA) is 113 Å². The Hall–Kier alpha value is -3.85. The number of carbonyl (C=O) groups excluding carboxylic acids is 1. The summed E-state index contributed by atoms with van der Waals surface area (Å²) in [6, 6.07) is 8.42. The van der Waals surface area contributed by atoms with E-state index in [9.17, 15) is 18.7 Å². The molecule has 2 aromatic carbocycles. The van der Waals surface area contributed by atoms with Gasteiger partial charge in [-0.15, -0.1) is 0 Å². The Balaban J connectivity index is 1.56. The zero-order valence-corrected chi connectivity index (χ0v) is 18.6. The number of anilines is 2. The monoisotopic (exact) mass is 465 g/mol. The maximum Gasteiger partial charge on any atom is 0.273 e. The van der Waals surface area contributed by atoms with Gasteiger partial charge < -0.3 is 21.5 Å². The SMILES string of the molecule is C=C(Nc1ccc(-c2cnc(N)c(C(=O)NC3CC3)n2)c(CC)c1)C(O)c1cc(F)cc(F)c1. The molecule has 0 radical (unpaired) electrons. The highest BCUT2D eigenvalue weighted by molar-refractivity contribution is 5.97. The fourth-order valence-electron chi connectivity index (χ4n) is 3.58. The summed E-state index contributed by atoms with van der Waals surface area (Å²) < 4.78 is 27.0. The lowest BCUT2D eigenvalue weighted by Crippen LogP contribution is -2.27. The maximum absolute atomic E-state index is 13.5. The standard InChI is InChI=1S/C25H25F2N5O2/c1-3-14-10-19(30-13(2)23(33)15-8-16(26)11-17(27)9-15)6-7-20(14)21-12-29-24(28)22(32-21)25(34)31-18-4-5-18/h6-12,18,23,30,33H,2-5H2,1H3,(H2,28,29)(H,31,34). The van der Waals surface area contributed by atoms with Gasteiger partial charge in [-0.1, -0.05) is 19.6 Å². The number of rotatable bonds is 8. The average molecular weight is 466 g/mol. The molecule has 1 amide bonds. The maximum atomic E-state index is 13.5. The van der Waals surface area contributed by atoms with E-state index >= 15 is 0 Å². The molecule has 5 N–H and O–H groups in total. The van der Waals surface area contributed by atoms with Crippen LogP contribution in [0.3, 0.4) is 0 Å². The number of benzene rings is 2. The summed E-state index contributed by atoms with van der Waals surface area (Å²) in [5.74, 6) is -1.84. The highest BCUT2D eigenvalue weighted by atomic mass is 19.1.